The smallest absolute Gasteiger partial charge is 0.0934 e. The first-order chi connectivity index (χ1) is 7.90. The third kappa shape index (κ3) is 4.76. The molecule has 1 aromatic heterocycles. The number of rotatable bonds is 6. The summed E-state index contributed by atoms with van der Waals surface area (Å²) in [5, 5.41) is 4.84. The molecule has 1 heterocycles. The van der Waals surface area contributed by atoms with E-state index < -0.39 is 0 Å². The molecule has 0 saturated carbocycles. The zero-order valence-electron chi connectivity index (χ0n) is 12.0. The van der Waals surface area contributed by atoms with Gasteiger partial charge in [-0.05, 0) is 32.2 Å². The van der Waals surface area contributed by atoms with E-state index >= 15 is 0 Å². The lowest BCUT2D eigenvalue weighted by Gasteiger charge is -2.21. The second kappa shape index (κ2) is 6.50. The Morgan fingerprint density at radius 3 is 2.24 bits per heavy atom. The van der Waals surface area contributed by atoms with E-state index in [1.54, 1.807) is 0 Å². The standard InChI is InChI=1S/C14H26N2S/c1-9(2)13(8-15-10(3)4)7-14-16-11(5)12(6)17-14/h9-10,13,15H,7-8H2,1-6H3. The van der Waals surface area contributed by atoms with Crippen molar-refractivity contribution < 1.29 is 0 Å². The van der Waals surface area contributed by atoms with Crippen LogP contribution in [0, 0.1) is 25.7 Å². The molecule has 17 heavy (non-hydrogen) atoms. The van der Waals surface area contributed by atoms with Crippen molar-refractivity contribution >= 4 is 11.3 Å². The minimum absolute atomic E-state index is 0.566. The molecule has 0 spiro atoms. The van der Waals surface area contributed by atoms with E-state index in [-0.39, 0.29) is 0 Å². The molecule has 1 aromatic rings. The van der Waals surface area contributed by atoms with Gasteiger partial charge in [-0.1, -0.05) is 27.7 Å². The lowest BCUT2D eigenvalue weighted by atomic mass is 9.92. The number of nitrogens with one attached hydrogen (secondary N) is 1. The van der Waals surface area contributed by atoms with Crippen molar-refractivity contribution in [1.82, 2.24) is 10.3 Å². The van der Waals surface area contributed by atoms with Gasteiger partial charge in [-0.3, -0.25) is 0 Å². The highest BCUT2D eigenvalue weighted by molar-refractivity contribution is 7.11. The summed E-state index contributed by atoms with van der Waals surface area (Å²) in [6.45, 7) is 14.4. The van der Waals surface area contributed by atoms with E-state index in [0.29, 0.717) is 17.9 Å². The van der Waals surface area contributed by atoms with Gasteiger partial charge in [0, 0.05) is 17.3 Å². The molecular formula is C14H26N2S. The van der Waals surface area contributed by atoms with Crippen LogP contribution in [-0.2, 0) is 6.42 Å². The SMILES string of the molecule is Cc1nc(CC(CNC(C)C)C(C)C)sc1C. The number of thiazole rings is 1. The molecule has 98 valence electrons. The predicted octanol–water partition coefficient (Wildman–Crippen LogP) is 3.57. The third-order valence-electron chi connectivity index (χ3n) is 3.24. The molecule has 0 aliphatic heterocycles. The molecule has 1 unspecified atom stereocenters. The Balaban J connectivity index is 2.60. The molecule has 0 aromatic carbocycles. The second-order valence-electron chi connectivity index (χ2n) is 5.52. The Morgan fingerprint density at radius 1 is 1.18 bits per heavy atom. The van der Waals surface area contributed by atoms with Gasteiger partial charge in [0.15, 0.2) is 0 Å². The first-order valence-electron chi connectivity index (χ1n) is 6.56. The molecule has 0 bridgehead atoms. The van der Waals surface area contributed by atoms with Crippen LogP contribution in [0.3, 0.4) is 0 Å². The van der Waals surface area contributed by atoms with Crippen molar-refractivity contribution in [3.63, 3.8) is 0 Å². The lowest BCUT2D eigenvalue weighted by Crippen LogP contribution is -2.32. The van der Waals surface area contributed by atoms with E-state index in [1.807, 2.05) is 11.3 Å². The van der Waals surface area contributed by atoms with Gasteiger partial charge in [-0.15, -0.1) is 11.3 Å². The summed E-state index contributed by atoms with van der Waals surface area (Å²) in [6, 6.07) is 0.566. The zero-order chi connectivity index (χ0) is 13.0. The van der Waals surface area contributed by atoms with Crippen molar-refractivity contribution in [3.05, 3.63) is 15.6 Å². The van der Waals surface area contributed by atoms with Crippen LogP contribution < -0.4 is 5.32 Å². The quantitative estimate of drug-likeness (QED) is 0.839. The molecule has 0 radical (unpaired) electrons. The summed E-state index contributed by atoms with van der Waals surface area (Å²) in [5.74, 6) is 1.38. The fourth-order valence-electron chi connectivity index (χ4n) is 1.78. The van der Waals surface area contributed by atoms with E-state index in [0.717, 1.165) is 13.0 Å². The van der Waals surface area contributed by atoms with Crippen molar-refractivity contribution in [2.45, 2.75) is 54.0 Å². The molecule has 1 rings (SSSR count). The Kier molecular flexibility index (Phi) is 5.60. The summed E-state index contributed by atoms with van der Waals surface area (Å²) in [5.41, 5.74) is 1.20. The maximum absolute atomic E-state index is 4.65. The number of hydrogen-bond donors (Lipinski definition) is 1. The van der Waals surface area contributed by atoms with Gasteiger partial charge in [0.2, 0.25) is 0 Å². The molecule has 0 aliphatic rings. The molecule has 0 fully saturated rings. The van der Waals surface area contributed by atoms with Crippen LogP contribution in [0.5, 0.6) is 0 Å². The Labute approximate surface area is 110 Å². The van der Waals surface area contributed by atoms with E-state index in [4.69, 9.17) is 0 Å². The average molecular weight is 254 g/mol. The fraction of sp³-hybridized carbons (Fsp3) is 0.786. The van der Waals surface area contributed by atoms with Gasteiger partial charge < -0.3 is 5.32 Å². The zero-order valence-corrected chi connectivity index (χ0v) is 12.8. The van der Waals surface area contributed by atoms with Crippen molar-refractivity contribution in [2.75, 3.05) is 6.54 Å². The lowest BCUT2D eigenvalue weighted by molar-refractivity contribution is 0.348. The molecule has 2 nitrogen and oxygen atoms in total. The van der Waals surface area contributed by atoms with Gasteiger partial charge in [0.05, 0.1) is 10.7 Å². The van der Waals surface area contributed by atoms with Crippen LogP contribution in [0.1, 0.15) is 43.3 Å². The average Bonchev–Trinajstić information content (AvgIpc) is 2.52. The maximum Gasteiger partial charge on any atom is 0.0934 e. The largest absolute Gasteiger partial charge is 0.314 e. The molecule has 0 aliphatic carbocycles. The fourth-order valence-corrected chi connectivity index (χ4v) is 2.81. The van der Waals surface area contributed by atoms with Gasteiger partial charge >= 0.3 is 0 Å². The molecule has 0 amide bonds. The van der Waals surface area contributed by atoms with Crippen molar-refractivity contribution in [1.29, 1.82) is 0 Å². The van der Waals surface area contributed by atoms with E-state index in [9.17, 15) is 0 Å². The second-order valence-corrected chi connectivity index (χ2v) is 6.81. The highest BCUT2D eigenvalue weighted by Crippen LogP contribution is 2.22. The number of aromatic nitrogens is 1. The van der Waals surface area contributed by atoms with Crippen LogP contribution in [0.15, 0.2) is 0 Å². The van der Waals surface area contributed by atoms with Gasteiger partial charge in [0.1, 0.15) is 0 Å². The van der Waals surface area contributed by atoms with Crippen molar-refractivity contribution in [3.8, 4) is 0 Å². The molecule has 0 saturated heterocycles. The number of aryl methyl sites for hydroxylation is 2. The van der Waals surface area contributed by atoms with Crippen LogP contribution in [0.4, 0.5) is 0 Å². The minimum atomic E-state index is 0.566. The summed E-state index contributed by atoms with van der Waals surface area (Å²) >= 11 is 1.86. The summed E-state index contributed by atoms with van der Waals surface area (Å²) in [4.78, 5) is 6.01. The van der Waals surface area contributed by atoms with Crippen LogP contribution >= 0.6 is 11.3 Å². The predicted molar refractivity (Wildman–Crippen MR) is 76.8 cm³/mol. The summed E-state index contributed by atoms with van der Waals surface area (Å²) < 4.78 is 0. The Bertz CT molecular complexity index is 322. The third-order valence-corrected chi connectivity index (χ3v) is 4.34. The first kappa shape index (κ1) is 14.7. The van der Waals surface area contributed by atoms with Crippen molar-refractivity contribution in [2.24, 2.45) is 11.8 Å². The molecule has 1 atom stereocenters. The normalized spacial score (nSPS) is 13.6. The highest BCUT2D eigenvalue weighted by atomic mass is 32.1. The van der Waals surface area contributed by atoms with Gasteiger partial charge in [0.25, 0.3) is 0 Å². The Hall–Kier alpha value is -0.410. The number of hydrogen-bond acceptors (Lipinski definition) is 3. The highest BCUT2D eigenvalue weighted by Gasteiger charge is 2.16. The van der Waals surface area contributed by atoms with Gasteiger partial charge in [-0.2, -0.15) is 0 Å². The summed E-state index contributed by atoms with van der Waals surface area (Å²) in [7, 11) is 0. The minimum Gasteiger partial charge on any atom is -0.314 e. The topological polar surface area (TPSA) is 24.9 Å². The molecule has 3 heteroatoms. The monoisotopic (exact) mass is 254 g/mol. The van der Waals surface area contributed by atoms with Crippen LogP contribution in [-0.4, -0.2) is 17.6 Å². The first-order valence-corrected chi connectivity index (χ1v) is 7.38. The molecular weight excluding hydrogens is 228 g/mol. The van der Waals surface area contributed by atoms with Crippen LogP contribution in [0.2, 0.25) is 0 Å². The Morgan fingerprint density at radius 2 is 1.82 bits per heavy atom. The maximum atomic E-state index is 4.65. The van der Waals surface area contributed by atoms with Gasteiger partial charge in [-0.25, -0.2) is 4.98 Å². The van der Waals surface area contributed by atoms with Crippen LogP contribution in [0.25, 0.3) is 0 Å². The van der Waals surface area contributed by atoms with E-state index in [1.165, 1.54) is 15.6 Å². The summed E-state index contributed by atoms with van der Waals surface area (Å²) in [6.07, 6.45) is 1.11. The molecule has 1 N–H and O–H groups in total. The number of nitrogens with zero attached hydrogens (tertiary/aromatic N) is 1. The van der Waals surface area contributed by atoms with E-state index in [2.05, 4.69) is 51.8 Å².